The van der Waals surface area contributed by atoms with Crippen LogP contribution in [0.15, 0.2) is 36.4 Å². The monoisotopic (exact) mass is 309 g/mol. The highest BCUT2D eigenvalue weighted by Crippen LogP contribution is 2.33. The lowest BCUT2D eigenvalue weighted by Crippen LogP contribution is -2.16. The van der Waals surface area contributed by atoms with E-state index in [1.807, 2.05) is 0 Å². The maximum Gasteiger partial charge on any atom is 0.0390 e. The van der Waals surface area contributed by atoms with E-state index in [2.05, 4.69) is 97.1 Å². The van der Waals surface area contributed by atoms with Crippen molar-refractivity contribution in [2.75, 3.05) is 5.32 Å². The lowest BCUT2D eigenvalue weighted by Gasteiger charge is -2.26. The Morgan fingerprint density at radius 3 is 1.35 bits per heavy atom. The van der Waals surface area contributed by atoms with Crippen molar-refractivity contribution in [3.8, 4) is 0 Å². The van der Waals surface area contributed by atoms with Crippen molar-refractivity contribution in [2.45, 2.75) is 66.2 Å². The van der Waals surface area contributed by atoms with Gasteiger partial charge in [0.1, 0.15) is 0 Å². The van der Waals surface area contributed by atoms with Crippen molar-refractivity contribution >= 4 is 11.4 Å². The molecule has 2 rings (SSSR count). The molecule has 2 aromatic carbocycles. The second kappa shape index (κ2) is 6.03. The standard InChI is InChI=1S/C22H31N/c1-15-9-16(2)11-19(10-15)23-20-13-17(21(3,4)5)12-18(14-20)22(6,7)8/h9-14,23H,1-8H3. The zero-order valence-corrected chi connectivity index (χ0v) is 16.0. The van der Waals surface area contributed by atoms with Gasteiger partial charge in [0.15, 0.2) is 0 Å². The minimum absolute atomic E-state index is 0.139. The molecule has 0 saturated carbocycles. The largest absolute Gasteiger partial charge is 0.355 e. The molecule has 2 aromatic rings. The lowest BCUT2D eigenvalue weighted by atomic mass is 9.80. The SMILES string of the molecule is Cc1cc(C)cc(Nc2cc(C(C)(C)C)cc(C(C)(C)C)c2)c1. The van der Waals surface area contributed by atoms with Crippen molar-refractivity contribution in [3.05, 3.63) is 58.7 Å². The van der Waals surface area contributed by atoms with Gasteiger partial charge >= 0.3 is 0 Å². The van der Waals surface area contributed by atoms with Gasteiger partial charge in [-0.3, -0.25) is 0 Å². The first kappa shape index (κ1) is 17.6. The first-order chi connectivity index (χ1) is 10.4. The summed E-state index contributed by atoms with van der Waals surface area (Å²) in [5.41, 5.74) is 7.93. The van der Waals surface area contributed by atoms with Gasteiger partial charge in [-0.05, 0) is 71.2 Å². The third-order valence-electron chi connectivity index (χ3n) is 4.18. The Bertz CT molecular complexity index is 644. The number of hydrogen-bond acceptors (Lipinski definition) is 1. The molecule has 0 atom stereocenters. The summed E-state index contributed by atoms with van der Waals surface area (Å²) >= 11 is 0. The van der Waals surface area contributed by atoms with Crippen LogP contribution in [0.2, 0.25) is 0 Å². The molecule has 0 unspecified atom stereocenters. The molecule has 0 amide bonds. The van der Waals surface area contributed by atoms with Crippen LogP contribution in [0.3, 0.4) is 0 Å². The fraction of sp³-hybridized carbons (Fsp3) is 0.455. The minimum atomic E-state index is 0.139. The van der Waals surface area contributed by atoms with Crippen LogP contribution in [0, 0.1) is 13.8 Å². The Morgan fingerprint density at radius 2 is 0.957 bits per heavy atom. The maximum absolute atomic E-state index is 3.61. The molecule has 0 aliphatic rings. The molecular formula is C22H31N. The Kier molecular flexibility index (Phi) is 4.61. The molecule has 124 valence electrons. The van der Waals surface area contributed by atoms with Crippen molar-refractivity contribution in [1.82, 2.24) is 0 Å². The van der Waals surface area contributed by atoms with Crippen molar-refractivity contribution in [3.63, 3.8) is 0 Å². The van der Waals surface area contributed by atoms with Gasteiger partial charge in [0.05, 0.1) is 0 Å². The number of hydrogen-bond donors (Lipinski definition) is 1. The van der Waals surface area contributed by atoms with E-state index >= 15 is 0 Å². The van der Waals surface area contributed by atoms with Crippen LogP contribution >= 0.6 is 0 Å². The van der Waals surface area contributed by atoms with Gasteiger partial charge in [0.25, 0.3) is 0 Å². The van der Waals surface area contributed by atoms with Crippen LogP contribution in [-0.2, 0) is 10.8 Å². The molecular weight excluding hydrogens is 278 g/mol. The fourth-order valence-corrected chi connectivity index (χ4v) is 2.78. The highest BCUT2D eigenvalue weighted by atomic mass is 14.9. The number of nitrogens with one attached hydrogen (secondary N) is 1. The Labute approximate surface area is 142 Å². The summed E-state index contributed by atoms with van der Waals surface area (Å²) in [7, 11) is 0. The average molecular weight is 309 g/mol. The van der Waals surface area contributed by atoms with Gasteiger partial charge in [0.2, 0.25) is 0 Å². The normalized spacial score (nSPS) is 12.3. The van der Waals surface area contributed by atoms with Gasteiger partial charge < -0.3 is 5.32 Å². The molecule has 1 heteroatoms. The molecule has 0 radical (unpaired) electrons. The van der Waals surface area contributed by atoms with E-state index in [0.29, 0.717) is 0 Å². The molecule has 23 heavy (non-hydrogen) atoms. The predicted octanol–water partition coefficient (Wildman–Crippen LogP) is 6.64. The molecule has 0 spiro atoms. The summed E-state index contributed by atoms with van der Waals surface area (Å²) in [5.74, 6) is 0. The van der Waals surface area contributed by atoms with E-state index in [1.54, 1.807) is 0 Å². The molecule has 1 N–H and O–H groups in total. The molecule has 0 aliphatic heterocycles. The van der Waals surface area contributed by atoms with Crippen molar-refractivity contribution in [1.29, 1.82) is 0 Å². The summed E-state index contributed by atoms with van der Waals surface area (Å²) in [5, 5.41) is 3.61. The summed E-state index contributed by atoms with van der Waals surface area (Å²) in [6.45, 7) is 17.9. The summed E-state index contributed by atoms with van der Waals surface area (Å²) < 4.78 is 0. The van der Waals surface area contributed by atoms with Gasteiger partial charge in [-0.25, -0.2) is 0 Å². The van der Waals surface area contributed by atoms with Gasteiger partial charge in [0, 0.05) is 11.4 Å². The topological polar surface area (TPSA) is 12.0 Å². The summed E-state index contributed by atoms with van der Waals surface area (Å²) in [6, 6.07) is 13.5. The van der Waals surface area contributed by atoms with E-state index in [1.165, 1.54) is 27.9 Å². The van der Waals surface area contributed by atoms with Gasteiger partial charge in [-0.1, -0.05) is 53.7 Å². The van der Waals surface area contributed by atoms with Crippen molar-refractivity contribution < 1.29 is 0 Å². The van der Waals surface area contributed by atoms with Gasteiger partial charge in [-0.2, -0.15) is 0 Å². The zero-order chi connectivity index (χ0) is 17.4. The molecule has 0 aromatic heterocycles. The fourth-order valence-electron chi connectivity index (χ4n) is 2.78. The van der Waals surface area contributed by atoms with Crippen LogP contribution in [0.5, 0.6) is 0 Å². The first-order valence-electron chi connectivity index (χ1n) is 8.46. The van der Waals surface area contributed by atoms with Crippen LogP contribution < -0.4 is 5.32 Å². The number of aryl methyl sites for hydroxylation is 2. The van der Waals surface area contributed by atoms with Crippen LogP contribution in [0.4, 0.5) is 11.4 Å². The number of benzene rings is 2. The third kappa shape index (κ3) is 4.60. The van der Waals surface area contributed by atoms with Crippen LogP contribution in [0.25, 0.3) is 0 Å². The second-order valence-corrected chi connectivity index (χ2v) is 8.80. The molecule has 0 saturated heterocycles. The smallest absolute Gasteiger partial charge is 0.0390 e. The number of anilines is 2. The van der Waals surface area contributed by atoms with E-state index < -0.39 is 0 Å². The molecule has 1 nitrogen and oxygen atoms in total. The van der Waals surface area contributed by atoms with E-state index in [9.17, 15) is 0 Å². The maximum atomic E-state index is 3.61. The van der Waals surface area contributed by atoms with Crippen molar-refractivity contribution in [2.24, 2.45) is 0 Å². The Balaban J connectivity index is 2.49. The molecule has 0 aliphatic carbocycles. The van der Waals surface area contributed by atoms with E-state index in [-0.39, 0.29) is 10.8 Å². The third-order valence-corrected chi connectivity index (χ3v) is 4.18. The molecule has 0 bridgehead atoms. The predicted molar refractivity (Wildman–Crippen MR) is 103 cm³/mol. The average Bonchev–Trinajstić information content (AvgIpc) is 2.34. The minimum Gasteiger partial charge on any atom is -0.355 e. The highest BCUT2D eigenvalue weighted by molar-refractivity contribution is 5.63. The first-order valence-corrected chi connectivity index (χ1v) is 8.46. The van der Waals surface area contributed by atoms with Gasteiger partial charge in [-0.15, -0.1) is 0 Å². The van der Waals surface area contributed by atoms with Crippen LogP contribution in [-0.4, -0.2) is 0 Å². The lowest BCUT2D eigenvalue weighted by molar-refractivity contribution is 0.569. The quantitative estimate of drug-likeness (QED) is 0.655. The van der Waals surface area contributed by atoms with E-state index in [0.717, 1.165) is 5.69 Å². The zero-order valence-electron chi connectivity index (χ0n) is 16.0. The molecule has 0 heterocycles. The summed E-state index contributed by atoms with van der Waals surface area (Å²) in [6.07, 6.45) is 0. The Hall–Kier alpha value is -1.76. The highest BCUT2D eigenvalue weighted by Gasteiger charge is 2.20. The van der Waals surface area contributed by atoms with Crippen LogP contribution in [0.1, 0.15) is 63.8 Å². The van der Waals surface area contributed by atoms with E-state index in [4.69, 9.17) is 0 Å². The Morgan fingerprint density at radius 1 is 0.565 bits per heavy atom. The molecule has 0 fully saturated rings. The summed E-state index contributed by atoms with van der Waals surface area (Å²) in [4.78, 5) is 0. The second-order valence-electron chi connectivity index (χ2n) is 8.80. The number of rotatable bonds is 2.